The highest BCUT2D eigenvalue weighted by Crippen LogP contribution is 2.34. The predicted molar refractivity (Wildman–Crippen MR) is 80.9 cm³/mol. The lowest BCUT2D eigenvalue weighted by atomic mass is 9.97. The molecule has 3 rings (SSSR count). The Balaban J connectivity index is 2.15. The molecule has 0 saturated carbocycles. The molecule has 0 saturated heterocycles. The van der Waals surface area contributed by atoms with E-state index in [9.17, 15) is 23.1 Å². The van der Waals surface area contributed by atoms with Crippen LogP contribution in [0.25, 0.3) is 5.65 Å². The first kappa shape index (κ1) is 15.9. The van der Waals surface area contributed by atoms with Crippen LogP contribution in [0.15, 0.2) is 29.1 Å². The standard InChI is InChI=1S/C15H13F3N4O2/c1-7-8(3-2-4-10(7)15(16,17)18)5-9-13(19)21-22-12(24)6-11(23)20-14(9)22/h2-4,6,24H,5H2,1H3,(H2,19,21)(H,20,23). The summed E-state index contributed by atoms with van der Waals surface area (Å²) in [6.07, 6.45) is -4.43. The number of nitrogens with one attached hydrogen (secondary N) is 1. The van der Waals surface area contributed by atoms with Crippen LogP contribution in [0.2, 0.25) is 0 Å². The third-order valence-corrected chi connectivity index (χ3v) is 3.85. The van der Waals surface area contributed by atoms with Crippen molar-refractivity contribution in [2.24, 2.45) is 0 Å². The summed E-state index contributed by atoms with van der Waals surface area (Å²) in [6.45, 7) is 1.38. The van der Waals surface area contributed by atoms with E-state index in [-0.39, 0.29) is 23.4 Å². The highest BCUT2D eigenvalue weighted by atomic mass is 19.4. The Morgan fingerprint density at radius 2 is 2.08 bits per heavy atom. The Bertz CT molecular complexity index is 989. The first-order valence-corrected chi connectivity index (χ1v) is 6.93. The van der Waals surface area contributed by atoms with Gasteiger partial charge >= 0.3 is 6.18 Å². The summed E-state index contributed by atoms with van der Waals surface area (Å²) >= 11 is 0. The van der Waals surface area contributed by atoms with Gasteiger partial charge in [-0.2, -0.15) is 17.7 Å². The molecule has 0 atom stereocenters. The first-order chi connectivity index (χ1) is 11.2. The average molecular weight is 338 g/mol. The number of halogens is 3. The van der Waals surface area contributed by atoms with Crippen molar-refractivity contribution in [3.8, 4) is 5.88 Å². The van der Waals surface area contributed by atoms with Crippen molar-refractivity contribution >= 4 is 11.5 Å². The van der Waals surface area contributed by atoms with E-state index in [1.807, 2.05) is 0 Å². The summed E-state index contributed by atoms with van der Waals surface area (Å²) in [5.74, 6) is -0.392. The molecule has 126 valence electrons. The highest BCUT2D eigenvalue weighted by Gasteiger charge is 2.33. The molecule has 2 heterocycles. The van der Waals surface area contributed by atoms with Crippen LogP contribution in [-0.4, -0.2) is 19.7 Å². The Morgan fingerprint density at radius 3 is 2.75 bits per heavy atom. The number of aromatic hydroxyl groups is 1. The molecule has 6 nitrogen and oxygen atoms in total. The summed E-state index contributed by atoms with van der Waals surface area (Å²) < 4.78 is 40.1. The molecule has 2 aromatic heterocycles. The van der Waals surface area contributed by atoms with Gasteiger partial charge in [0.2, 0.25) is 5.88 Å². The molecule has 4 N–H and O–H groups in total. The molecule has 0 aliphatic carbocycles. The molecular weight excluding hydrogens is 325 g/mol. The van der Waals surface area contributed by atoms with Gasteiger partial charge in [-0.25, -0.2) is 0 Å². The molecule has 0 bridgehead atoms. The van der Waals surface area contributed by atoms with E-state index >= 15 is 0 Å². The summed E-state index contributed by atoms with van der Waals surface area (Å²) in [4.78, 5) is 14.0. The predicted octanol–water partition coefficient (Wildman–Crippen LogP) is 2.23. The number of nitrogens with two attached hydrogens (primary N) is 1. The van der Waals surface area contributed by atoms with Crippen LogP contribution >= 0.6 is 0 Å². The van der Waals surface area contributed by atoms with Gasteiger partial charge in [-0.3, -0.25) is 4.79 Å². The third-order valence-electron chi connectivity index (χ3n) is 3.85. The van der Waals surface area contributed by atoms with Crippen LogP contribution in [0.3, 0.4) is 0 Å². The Kier molecular flexibility index (Phi) is 3.51. The Hall–Kier alpha value is -2.97. The van der Waals surface area contributed by atoms with Gasteiger partial charge in [-0.15, -0.1) is 5.10 Å². The molecule has 3 aromatic rings. The summed E-state index contributed by atoms with van der Waals surface area (Å²) in [6, 6.07) is 4.80. The number of nitrogen functional groups attached to an aromatic ring is 1. The summed E-state index contributed by atoms with van der Waals surface area (Å²) in [5, 5.41) is 13.6. The Labute approximate surface area is 133 Å². The van der Waals surface area contributed by atoms with E-state index < -0.39 is 23.2 Å². The van der Waals surface area contributed by atoms with Crippen LogP contribution in [0.1, 0.15) is 22.3 Å². The number of hydrogen-bond acceptors (Lipinski definition) is 4. The monoisotopic (exact) mass is 338 g/mol. The molecule has 0 aliphatic rings. The van der Waals surface area contributed by atoms with Crippen molar-refractivity contribution in [3.63, 3.8) is 0 Å². The molecule has 0 aliphatic heterocycles. The minimum Gasteiger partial charge on any atom is -0.493 e. The lowest BCUT2D eigenvalue weighted by Gasteiger charge is -2.13. The molecule has 1 aromatic carbocycles. The van der Waals surface area contributed by atoms with E-state index in [0.29, 0.717) is 11.1 Å². The number of benzene rings is 1. The molecular formula is C15H13F3N4O2. The fraction of sp³-hybridized carbons (Fsp3) is 0.200. The number of rotatable bonds is 2. The molecule has 9 heteroatoms. The number of fused-ring (bicyclic) bond motifs is 1. The van der Waals surface area contributed by atoms with Gasteiger partial charge in [-0.1, -0.05) is 12.1 Å². The molecule has 0 spiro atoms. The molecule has 0 radical (unpaired) electrons. The molecule has 0 amide bonds. The first-order valence-electron chi connectivity index (χ1n) is 6.93. The third kappa shape index (κ3) is 2.57. The fourth-order valence-corrected chi connectivity index (χ4v) is 2.64. The molecule has 0 fully saturated rings. The maximum Gasteiger partial charge on any atom is 0.416 e. The number of hydrogen-bond donors (Lipinski definition) is 3. The number of alkyl halides is 3. The van der Waals surface area contributed by atoms with Crippen molar-refractivity contribution in [1.82, 2.24) is 14.6 Å². The van der Waals surface area contributed by atoms with E-state index in [0.717, 1.165) is 16.6 Å². The second-order valence-corrected chi connectivity index (χ2v) is 5.38. The maximum atomic E-state index is 13.0. The van der Waals surface area contributed by atoms with Gasteiger partial charge in [0.25, 0.3) is 5.56 Å². The number of H-pyrrole nitrogens is 1. The van der Waals surface area contributed by atoms with Gasteiger partial charge in [0.1, 0.15) is 5.65 Å². The molecule has 24 heavy (non-hydrogen) atoms. The van der Waals surface area contributed by atoms with Crippen molar-refractivity contribution in [2.75, 3.05) is 5.73 Å². The minimum atomic E-state index is -4.46. The summed E-state index contributed by atoms with van der Waals surface area (Å²) in [7, 11) is 0. The normalized spacial score (nSPS) is 12.0. The van der Waals surface area contributed by atoms with Crippen LogP contribution in [0.4, 0.5) is 19.0 Å². The van der Waals surface area contributed by atoms with Crippen LogP contribution < -0.4 is 11.3 Å². The zero-order valence-corrected chi connectivity index (χ0v) is 12.5. The van der Waals surface area contributed by atoms with E-state index in [4.69, 9.17) is 5.73 Å². The number of nitrogens with zero attached hydrogens (tertiary/aromatic N) is 2. The van der Waals surface area contributed by atoms with E-state index in [1.165, 1.54) is 13.0 Å². The van der Waals surface area contributed by atoms with Gasteiger partial charge < -0.3 is 15.8 Å². The van der Waals surface area contributed by atoms with Crippen molar-refractivity contribution in [1.29, 1.82) is 0 Å². The van der Waals surface area contributed by atoms with Gasteiger partial charge in [0.15, 0.2) is 5.82 Å². The SMILES string of the molecule is Cc1c(Cc2c(N)nn3c(O)cc(=O)[nH]c23)cccc1C(F)(F)F. The Morgan fingerprint density at radius 1 is 1.38 bits per heavy atom. The van der Waals surface area contributed by atoms with E-state index in [1.54, 1.807) is 6.07 Å². The van der Waals surface area contributed by atoms with Crippen LogP contribution in [0, 0.1) is 6.92 Å². The average Bonchev–Trinajstić information content (AvgIpc) is 2.77. The van der Waals surface area contributed by atoms with Crippen molar-refractivity contribution < 1.29 is 18.3 Å². The lowest BCUT2D eigenvalue weighted by molar-refractivity contribution is -0.138. The second kappa shape index (κ2) is 5.29. The lowest BCUT2D eigenvalue weighted by Crippen LogP contribution is -2.10. The highest BCUT2D eigenvalue weighted by molar-refractivity contribution is 5.62. The van der Waals surface area contributed by atoms with E-state index in [2.05, 4.69) is 10.1 Å². The largest absolute Gasteiger partial charge is 0.493 e. The number of aromatic amines is 1. The maximum absolute atomic E-state index is 13.0. The van der Waals surface area contributed by atoms with Crippen molar-refractivity contribution in [3.05, 3.63) is 56.9 Å². The fourth-order valence-electron chi connectivity index (χ4n) is 2.64. The van der Waals surface area contributed by atoms with Crippen molar-refractivity contribution in [2.45, 2.75) is 19.5 Å². The smallest absolute Gasteiger partial charge is 0.416 e. The minimum absolute atomic E-state index is 0.0176. The number of aromatic nitrogens is 3. The van der Waals surface area contributed by atoms with Crippen LogP contribution in [0.5, 0.6) is 5.88 Å². The number of anilines is 1. The van der Waals surface area contributed by atoms with Gasteiger partial charge in [0.05, 0.1) is 11.6 Å². The molecule has 0 unspecified atom stereocenters. The zero-order chi connectivity index (χ0) is 17.6. The summed E-state index contributed by atoms with van der Waals surface area (Å²) in [5.41, 5.74) is 5.47. The topological polar surface area (TPSA) is 96.4 Å². The van der Waals surface area contributed by atoms with Gasteiger partial charge in [-0.05, 0) is 24.1 Å². The second-order valence-electron chi connectivity index (χ2n) is 5.38. The van der Waals surface area contributed by atoms with Gasteiger partial charge in [0, 0.05) is 12.0 Å². The van der Waals surface area contributed by atoms with Crippen LogP contribution in [-0.2, 0) is 12.6 Å². The quantitative estimate of drug-likeness (QED) is 0.667. The zero-order valence-electron chi connectivity index (χ0n) is 12.5.